The molecule has 70 valence electrons. The van der Waals surface area contributed by atoms with E-state index >= 15 is 0 Å². The summed E-state index contributed by atoms with van der Waals surface area (Å²) in [6.45, 7) is 2.04. The fourth-order valence-electron chi connectivity index (χ4n) is 1.65. The Hall–Kier alpha value is -1.09. The standard InChI is InChI=1S/C10H15N3/c1-6-4-9(11)13-5-8(6)10(12)7-2-3-7/h4-5,7,10H,2-3,12H2,1H3,(H2,11,13). The first-order valence-electron chi connectivity index (χ1n) is 4.66. The highest BCUT2D eigenvalue weighted by atomic mass is 14.8. The lowest BCUT2D eigenvalue weighted by Gasteiger charge is -2.13. The van der Waals surface area contributed by atoms with Gasteiger partial charge in [0.15, 0.2) is 0 Å². The maximum atomic E-state index is 6.07. The molecule has 13 heavy (non-hydrogen) atoms. The predicted octanol–water partition coefficient (Wildman–Crippen LogP) is 1.38. The van der Waals surface area contributed by atoms with E-state index in [1.165, 1.54) is 12.8 Å². The van der Waals surface area contributed by atoms with E-state index in [0.717, 1.165) is 11.1 Å². The molecule has 3 nitrogen and oxygen atoms in total. The molecule has 1 fully saturated rings. The molecule has 1 aliphatic rings. The molecule has 1 aromatic heterocycles. The van der Waals surface area contributed by atoms with Crippen LogP contribution in [0.4, 0.5) is 5.82 Å². The van der Waals surface area contributed by atoms with Crippen LogP contribution in [0.1, 0.15) is 30.0 Å². The minimum Gasteiger partial charge on any atom is -0.384 e. The van der Waals surface area contributed by atoms with Crippen molar-refractivity contribution >= 4 is 5.82 Å². The SMILES string of the molecule is Cc1cc(N)ncc1C(N)C1CC1. The first-order chi connectivity index (χ1) is 6.18. The molecule has 2 rings (SSSR count). The summed E-state index contributed by atoms with van der Waals surface area (Å²) in [6.07, 6.45) is 4.32. The van der Waals surface area contributed by atoms with E-state index in [2.05, 4.69) is 4.98 Å². The van der Waals surface area contributed by atoms with Crippen molar-refractivity contribution in [1.29, 1.82) is 0 Å². The van der Waals surface area contributed by atoms with E-state index in [4.69, 9.17) is 11.5 Å². The van der Waals surface area contributed by atoms with E-state index in [1.807, 2.05) is 19.2 Å². The van der Waals surface area contributed by atoms with Crippen molar-refractivity contribution in [3.05, 3.63) is 23.4 Å². The topological polar surface area (TPSA) is 64.9 Å². The Morgan fingerprint density at radius 1 is 1.54 bits per heavy atom. The summed E-state index contributed by atoms with van der Waals surface area (Å²) < 4.78 is 0. The lowest BCUT2D eigenvalue weighted by atomic mass is 10.0. The highest BCUT2D eigenvalue weighted by molar-refractivity contribution is 5.38. The van der Waals surface area contributed by atoms with Gasteiger partial charge in [0.2, 0.25) is 0 Å². The molecule has 0 aliphatic heterocycles. The molecule has 1 aromatic rings. The predicted molar refractivity (Wildman–Crippen MR) is 53.0 cm³/mol. The second-order valence-corrected chi connectivity index (χ2v) is 3.83. The summed E-state index contributed by atoms with van der Waals surface area (Å²) in [7, 11) is 0. The Bertz CT molecular complexity index is 318. The van der Waals surface area contributed by atoms with E-state index in [1.54, 1.807) is 0 Å². The molecular formula is C10H15N3. The van der Waals surface area contributed by atoms with E-state index in [0.29, 0.717) is 11.7 Å². The first-order valence-corrected chi connectivity index (χ1v) is 4.66. The molecule has 0 bridgehead atoms. The van der Waals surface area contributed by atoms with Gasteiger partial charge in [-0.05, 0) is 42.9 Å². The minimum atomic E-state index is 0.160. The number of nitrogens with two attached hydrogens (primary N) is 2. The third kappa shape index (κ3) is 1.65. The summed E-state index contributed by atoms with van der Waals surface area (Å²) in [5.41, 5.74) is 13.9. The number of rotatable bonds is 2. The van der Waals surface area contributed by atoms with Crippen molar-refractivity contribution in [3.8, 4) is 0 Å². The van der Waals surface area contributed by atoms with E-state index < -0.39 is 0 Å². The fraction of sp³-hybridized carbons (Fsp3) is 0.500. The number of aromatic nitrogens is 1. The van der Waals surface area contributed by atoms with Crippen molar-refractivity contribution in [2.24, 2.45) is 11.7 Å². The van der Waals surface area contributed by atoms with E-state index in [9.17, 15) is 0 Å². The number of nitrogens with zero attached hydrogens (tertiary/aromatic N) is 1. The summed E-state index contributed by atoms with van der Waals surface area (Å²) in [5.74, 6) is 1.24. The summed E-state index contributed by atoms with van der Waals surface area (Å²) in [5, 5.41) is 0. The zero-order valence-corrected chi connectivity index (χ0v) is 7.83. The largest absolute Gasteiger partial charge is 0.384 e. The normalized spacial score (nSPS) is 18.6. The van der Waals surface area contributed by atoms with Gasteiger partial charge in [0.05, 0.1) is 0 Å². The van der Waals surface area contributed by atoms with Gasteiger partial charge in [-0.2, -0.15) is 0 Å². The highest BCUT2D eigenvalue weighted by Gasteiger charge is 2.30. The Kier molecular flexibility index (Phi) is 1.96. The fourth-order valence-corrected chi connectivity index (χ4v) is 1.65. The zero-order valence-electron chi connectivity index (χ0n) is 7.83. The molecule has 0 radical (unpaired) electrons. The number of aryl methyl sites for hydroxylation is 1. The summed E-state index contributed by atoms with van der Waals surface area (Å²) in [6, 6.07) is 2.05. The molecule has 0 amide bonds. The van der Waals surface area contributed by atoms with Gasteiger partial charge in [0, 0.05) is 12.2 Å². The number of hydrogen-bond donors (Lipinski definition) is 2. The van der Waals surface area contributed by atoms with Gasteiger partial charge in [-0.15, -0.1) is 0 Å². The van der Waals surface area contributed by atoms with Gasteiger partial charge in [0.25, 0.3) is 0 Å². The van der Waals surface area contributed by atoms with Crippen molar-refractivity contribution in [2.45, 2.75) is 25.8 Å². The quantitative estimate of drug-likeness (QED) is 0.717. The van der Waals surface area contributed by atoms with Crippen LogP contribution in [-0.4, -0.2) is 4.98 Å². The van der Waals surface area contributed by atoms with Crippen LogP contribution in [0.5, 0.6) is 0 Å². The maximum absolute atomic E-state index is 6.07. The molecule has 1 unspecified atom stereocenters. The molecule has 4 N–H and O–H groups in total. The van der Waals surface area contributed by atoms with Gasteiger partial charge in [-0.3, -0.25) is 0 Å². The van der Waals surface area contributed by atoms with Crippen LogP contribution in [0.15, 0.2) is 12.3 Å². The van der Waals surface area contributed by atoms with Crippen LogP contribution in [0.2, 0.25) is 0 Å². The van der Waals surface area contributed by atoms with Gasteiger partial charge < -0.3 is 11.5 Å². The third-order valence-corrected chi connectivity index (χ3v) is 2.66. The average molecular weight is 177 g/mol. The molecule has 1 aliphatic carbocycles. The second-order valence-electron chi connectivity index (χ2n) is 3.83. The molecule has 3 heteroatoms. The molecule has 1 saturated carbocycles. The first kappa shape index (κ1) is 8.51. The van der Waals surface area contributed by atoms with Crippen molar-refractivity contribution in [3.63, 3.8) is 0 Å². The second kappa shape index (κ2) is 3.00. The summed E-state index contributed by atoms with van der Waals surface area (Å²) >= 11 is 0. The monoisotopic (exact) mass is 177 g/mol. The molecule has 0 aromatic carbocycles. The maximum Gasteiger partial charge on any atom is 0.123 e. The smallest absolute Gasteiger partial charge is 0.123 e. The number of pyridine rings is 1. The Morgan fingerprint density at radius 3 is 2.77 bits per heavy atom. The number of anilines is 1. The van der Waals surface area contributed by atoms with Crippen LogP contribution >= 0.6 is 0 Å². The number of nitrogen functional groups attached to an aromatic ring is 1. The van der Waals surface area contributed by atoms with Gasteiger partial charge in [-0.1, -0.05) is 0 Å². The Morgan fingerprint density at radius 2 is 2.23 bits per heavy atom. The molecule has 1 heterocycles. The minimum absolute atomic E-state index is 0.160. The summed E-state index contributed by atoms with van der Waals surface area (Å²) in [4.78, 5) is 4.07. The Labute approximate surface area is 78.1 Å². The number of hydrogen-bond acceptors (Lipinski definition) is 3. The van der Waals surface area contributed by atoms with Crippen molar-refractivity contribution < 1.29 is 0 Å². The Balaban J connectivity index is 2.28. The van der Waals surface area contributed by atoms with Crippen molar-refractivity contribution in [2.75, 3.05) is 5.73 Å². The lowest BCUT2D eigenvalue weighted by Crippen LogP contribution is -2.14. The molecule has 1 atom stereocenters. The zero-order chi connectivity index (χ0) is 9.42. The molecule has 0 saturated heterocycles. The molecule has 0 spiro atoms. The van der Waals surface area contributed by atoms with Crippen LogP contribution in [0.3, 0.4) is 0 Å². The average Bonchev–Trinajstić information content (AvgIpc) is 2.85. The van der Waals surface area contributed by atoms with Crippen LogP contribution in [0.25, 0.3) is 0 Å². The van der Waals surface area contributed by atoms with Crippen LogP contribution < -0.4 is 11.5 Å². The van der Waals surface area contributed by atoms with Crippen LogP contribution in [0, 0.1) is 12.8 Å². The van der Waals surface area contributed by atoms with Gasteiger partial charge in [-0.25, -0.2) is 4.98 Å². The van der Waals surface area contributed by atoms with E-state index in [-0.39, 0.29) is 6.04 Å². The highest BCUT2D eigenvalue weighted by Crippen LogP contribution is 2.40. The van der Waals surface area contributed by atoms with Gasteiger partial charge in [0.1, 0.15) is 5.82 Å². The lowest BCUT2D eigenvalue weighted by molar-refractivity contribution is 0.627. The third-order valence-electron chi connectivity index (χ3n) is 2.66. The van der Waals surface area contributed by atoms with Crippen molar-refractivity contribution in [1.82, 2.24) is 4.98 Å². The van der Waals surface area contributed by atoms with Gasteiger partial charge >= 0.3 is 0 Å². The molecular weight excluding hydrogens is 162 g/mol. The van der Waals surface area contributed by atoms with Crippen LogP contribution in [-0.2, 0) is 0 Å².